The summed E-state index contributed by atoms with van der Waals surface area (Å²) in [6.07, 6.45) is 28.7. The van der Waals surface area contributed by atoms with Crippen molar-refractivity contribution in [3.8, 4) is 0 Å². The van der Waals surface area contributed by atoms with Gasteiger partial charge in [0.2, 0.25) is 0 Å². The van der Waals surface area contributed by atoms with E-state index in [4.69, 9.17) is 0 Å². The fourth-order valence-electron chi connectivity index (χ4n) is 7.09. The Bertz CT molecular complexity index is 330. The fraction of sp³-hybridized carbons (Fsp3) is 1.00. The molecule has 0 aromatic carbocycles. The molecule has 0 radical (unpaired) electrons. The molecule has 0 bridgehead atoms. The van der Waals surface area contributed by atoms with E-state index in [0.717, 1.165) is 0 Å². The molecule has 0 amide bonds. The van der Waals surface area contributed by atoms with E-state index >= 15 is 0 Å². The molecule has 150 valence electrons. The maximum atomic E-state index is 2.51. The Morgan fingerprint density at radius 2 is 0.808 bits per heavy atom. The van der Waals surface area contributed by atoms with Gasteiger partial charge in [-0.25, -0.2) is 0 Å². The van der Waals surface area contributed by atoms with Crippen LogP contribution in [-0.4, -0.2) is 28.0 Å². The molecule has 0 N–H and O–H groups in total. The van der Waals surface area contributed by atoms with Crippen LogP contribution in [-0.2, 0) is 0 Å². The van der Waals surface area contributed by atoms with Crippen molar-refractivity contribution in [2.45, 2.75) is 151 Å². The summed E-state index contributed by atoms with van der Waals surface area (Å²) in [5.74, 6) is 0. The highest BCUT2D eigenvalue weighted by Crippen LogP contribution is 2.74. The highest BCUT2D eigenvalue weighted by Gasteiger charge is 2.45. The van der Waals surface area contributed by atoms with Crippen LogP contribution in [0, 0.1) is 0 Å². The molecule has 4 aliphatic rings. The molecule has 4 rings (SSSR count). The highest BCUT2D eigenvalue weighted by molar-refractivity contribution is 7.77. The van der Waals surface area contributed by atoms with Crippen molar-refractivity contribution in [1.29, 1.82) is 0 Å². The molecule has 2 heteroatoms. The van der Waals surface area contributed by atoms with Crippen LogP contribution in [0.5, 0.6) is 0 Å². The van der Waals surface area contributed by atoms with Crippen LogP contribution in [0.2, 0.25) is 0 Å². The summed E-state index contributed by atoms with van der Waals surface area (Å²) >= 11 is 0. The molecule has 0 heterocycles. The maximum absolute atomic E-state index is 2.51. The largest absolute Gasteiger partial charge is 0.0927 e. The highest BCUT2D eigenvalue weighted by atomic mass is 31.2. The summed E-state index contributed by atoms with van der Waals surface area (Å²) in [6, 6.07) is 0. The monoisotopic (exact) mass is 394 g/mol. The lowest BCUT2D eigenvalue weighted by Gasteiger charge is -2.46. The number of hydrogen-bond acceptors (Lipinski definition) is 0. The van der Waals surface area contributed by atoms with Crippen LogP contribution in [0.4, 0.5) is 0 Å². The molecule has 0 aromatic heterocycles. The minimum absolute atomic E-state index is 0.325. The third-order valence-electron chi connectivity index (χ3n) is 8.22. The summed E-state index contributed by atoms with van der Waals surface area (Å²) in [5.41, 5.74) is 4.77. The first-order valence-corrected chi connectivity index (χ1v) is 15.5. The van der Waals surface area contributed by atoms with Crippen LogP contribution >= 0.6 is 15.8 Å². The second-order valence-corrected chi connectivity index (χ2v) is 16.3. The van der Waals surface area contributed by atoms with Crippen molar-refractivity contribution < 1.29 is 0 Å². The van der Waals surface area contributed by atoms with E-state index in [1.165, 1.54) is 34.5 Å². The van der Waals surface area contributed by atoms with Crippen molar-refractivity contribution in [2.75, 3.05) is 0 Å². The lowest BCUT2D eigenvalue weighted by molar-refractivity contribution is 0.759. The first kappa shape index (κ1) is 20.1. The van der Waals surface area contributed by atoms with Gasteiger partial charge in [0.05, 0.1) is 0 Å². The Balaban J connectivity index is 1.61. The Kier molecular flexibility index (Phi) is 7.79. The molecule has 4 fully saturated rings. The van der Waals surface area contributed by atoms with Gasteiger partial charge in [0.25, 0.3) is 0 Å². The molecular formula is C24H44P2. The molecule has 0 unspecified atom stereocenters. The van der Waals surface area contributed by atoms with Gasteiger partial charge in [0.1, 0.15) is 0 Å². The van der Waals surface area contributed by atoms with Gasteiger partial charge in [-0.3, -0.25) is 0 Å². The van der Waals surface area contributed by atoms with Crippen LogP contribution < -0.4 is 0 Å². The smallest absolute Gasteiger partial charge is 0.000400 e. The first-order chi connectivity index (χ1) is 12.9. The summed E-state index contributed by atoms with van der Waals surface area (Å²) in [7, 11) is 0.650. The third-order valence-corrected chi connectivity index (χ3v) is 17.2. The Labute approximate surface area is 166 Å². The van der Waals surface area contributed by atoms with Gasteiger partial charge in [0, 0.05) is 5.40 Å². The van der Waals surface area contributed by atoms with Crippen LogP contribution in [0.25, 0.3) is 0 Å². The minimum atomic E-state index is 0.325. The normalized spacial score (nSPS) is 27.2. The SMILES string of the molecule is CCCC(P(C1CCCC1)C1CCCC1)P(C1CCCC1)C1CCCC1. The van der Waals surface area contributed by atoms with E-state index in [0.29, 0.717) is 15.8 Å². The molecular weight excluding hydrogens is 350 g/mol. The average Bonchev–Trinajstić information content (AvgIpc) is 3.44. The van der Waals surface area contributed by atoms with Crippen molar-refractivity contribution in [3.63, 3.8) is 0 Å². The third kappa shape index (κ3) is 4.54. The first-order valence-electron chi connectivity index (χ1n) is 12.4. The Morgan fingerprint density at radius 1 is 0.538 bits per heavy atom. The van der Waals surface area contributed by atoms with E-state index in [1.807, 2.05) is 0 Å². The van der Waals surface area contributed by atoms with Crippen molar-refractivity contribution >= 4 is 15.8 Å². The van der Waals surface area contributed by atoms with Crippen LogP contribution in [0.1, 0.15) is 122 Å². The van der Waals surface area contributed by atoms with Gasteiger partial charge < -0.3 is 0 Å². The Hall–Kier alpha value is 0.860. The maximum Gasteiger partial charge on any atom is 0.000400 e. The molecule has 0 spiro atoms. The zero-order valence-corrected chi connectivity index (χ0v) is 19.3. The van der Waals surface area contributed by atoms with E-state index < -0.39 is 0 Å². The quantitative estimate of drug-likeness (QED) is 0.361. The topological polar surface area (TPSA) is 0 Å². The summed E-state index contributed by atoms with van der Waals surface area (Å²) in [4.78, 5) is 0. The van der Waals surface area contributed by atoms with Crippen molar-refractivity contribution in [3.05, 3.63) is 0 Å². The molecule has 4 aliphatic carbocycles. The van der Waals surface area contributed by atoms with E-state index in [1.54, 1.807) is 109 Å². The zero-order chi connectivity index (χ0) is 17.8. The molecule has 4 saturated carbocycles. The van der Waals surface area contributed by atoms with E-state index in [2.05, 4.69) is 6.92 Å². The second-order valence-electron chi connectivity index (χ2n) is 9.92. The molecule has 0 saturated heterocycles. The lowest BCUT2D eigenvalue weighted by atomic mass is 10.3. The predicted octanol–water partition coefficient (Wildman–Crippen LogP) is 8.85. The Morgan fingerprint density at radius 3 is 1.04 bits per heavy atom. The van der Waals surface area contributed by atoms with Gasteiger partial charge in [-0.2, -0.15) is 0 Å². The standard InChI is InChI=1S/C24H44P2/c1-2-11-24(25(20-12-3-4-13-20)21-14-5-6-15-21)26(22-16-7-8-17-22)23-18-9-10-19-23/h20-24H,2-19H2,1H3. The molecule has 0 atom stereocenters. The molecule has 0 nitrogen and oxygen atoms in total. The summed E-state index contributed by atoms with van der Waals surface area (Å²) in [6.45, 7) is 2.51. The minimum Gasteiger partial charge on any atom is -0.0927 e. The van der Waals surface area contributed by atoms with Gasteiger partial charge in [-0.05, 0) is 80.4 Å². The van der Waals surface area contributed by atoms with Crippen LogP contribution in [0.15, 0.2) is 0 Å². The molecule has 0 aromatic rings. The zero-order valence-electron chi connectivity index (χ0n) is 17.5. The molecule has 0 aliphatic heterocycles. The van der Waals surface area contributed by atoms with E-state index in [9.17, 15) is 0 Å². The average molecular weight is 395 g/mol. The van der Waals surface area contributed by atoms with E-state index in [-0.39, 0.29) is 0 Å². The van der Waals surface area contributed by atoms with Gasteiger partial charge in [-0.1, -0.05) is 80.6 Å². The van der Waals surface area contributed by atoms with Crippen molar-refractivity contribution in [1.82, 2.24) is 0 Å². The molecule has 26 heavy (non-hydrogen) atoms. The number of rotatable bonds is 8. The van der Waals surface area contributed by atoms with Gasteiger partial charge in [-0.15, -0.1) is 0 Å². The summed E-state index contributed by atoms with van der Waals surface area (Å²) < 4.78 is 0. The van der Waals surface area contributed by atoms with Crippen LogP contribution in [0.3, 0.4) is 0 Å². The fourth-order valence-corrected chi connectivity index (χ4v) is 18.7. The van der Waals surface area contributed by atoms with Gasteiger partial charge >= 0.3 is 0 Å². The predicted molar refractivity (Wildman–Crippen MR) is 122 cm³/mol. The number of hydrogen-bond donors (Lipinski definition) is 0. The second kappa shape index (κ2) is 10.1. The lowest BCUT2D eigenvalue weighted by Crippen LogP contribution is -2.26. The van der Waals surface area contributed by atoms with Crippen molar-refractivity contribution in [2.24, 2.45) is 0 Å². The van der Waals surface area contributed by atoms with Gasteiger partial charge in [0.15, 0.2) is 0 Å². The summed E-state index contributed by atoms with van der Waals surface area (Å²) in [5, 5.41) is 1.22.